The maximum absolute atomic E-state index is 13.0. The number of fused-ring (bicyclic) bond motifs is 1. The molecule has 0 radical (unpaired) electrons. The number of H-pyrrole nitrogens is 1. The van der Waals surface area contributed by atoms with Crippen molar-refractivity contribution in [3.8, 4) is 6.07 Å². The Morgan fingerprint density at radius 1 is 1.19 bits per heavy atom. The molecule has 0 aliphatic rings. The van der Waals surface area contributed by atoms with Crippen molar-refractivity contribution in [1.29, 1.82) is 5.26 Å². The summed E-state index contributed by atoms with van der Waals surface area (Å²) in [7, 11) is 0. The Morgan fingerprint density at radius 3 is 2.58 bits per heavy atom. The normalized spacial score (nSPS) is 10.7. The molecule has 0 fully saturated rings. The lowest BCUT2D eigenvalue weighted by Crippen LogP contribution is -2.07. The molecule has 0 spiro atoms. The summed E-state index contributed by atoms with van der Waals surface area (Å²) in [5.41, 5.74) is 2.73. The van der Waals surface area contributed by atoms with Crippen LogP contribution in [0.15, 0.2) is 30.3 Å². The smallest absolute Gasteiger partial charge is 0.212 e. The largest absolute Gasteiger partial charge is 0.352 e. The van der Waals surface area contributed by atoms with Crippen molar-refractivity contribution in [3.05, 3.63) is 68.3 Å². The lowest BCUT2D eigenvalue weighted by atomic mass is 10.0. The van der Waals surface area contributed by atoms with Gasteiger partial charge in [0.15, 0.2) is 5.78 Å². The number of hydrogen-bond donors (Lipinski definition) is 1. The average molecular weight is 385 g/mol. The van der Waals surface area contributed by atoms with Gasteiger partial charge in [0, 0.05) is 22.9 Å². The number of rotatable bonds is 4. The molecule has 1 N–H and O–H groups in total. The highest BCUT2D eigenvalue weighted by atomic mass is 35.5. The third-order valence-corrected chi connectivity index (χ3v) is 4.97. The van der Waals surface area contributed by atoms with E-state index in [1.165, 1.54) is 12.1 Å². The van der Waals surface area contributed by atoms with E-state index in [0.717, 1.165) is 10.9 Å². The first-order valence-corrected chi connectivity index (χ1v) is 8.72. The fraction of sp³-hybridized carbons (Fsp3) is 0.150. The van der Waals surface area contributed by atoms with Gasteiger partial charge in [-0.25, -0.2) is 0 Å². The van der Waals surface area contributed by atoms with E-state index in [4.69, 9.17) is 28.5 Å². The highest BCUT2D eigenvalue weighted by molar-refractivity contribution is 6.42. The minimum Gasteiger partial charge on any atom is -0.352 e. The summed E-state index contributed by atoms with van der Waals surface area (Å²) in [6, 6.07) is 10.3. The molecule has 1 heterocycles. The Labute approximate surface area is 160 Å². The lowest BCUT2D eigenvalue weighted by molar-refractivity contribution is 0.0988. The maximum atomic E-state index is 13.0. The molecule has 0 aliphatic carbocycles. The monoisotopic (exact) mass is 384 g/mol. The highest BCUT2D eigenvalue weighted by Crippen LogP contribution is 2.32. The van der Waals surface area contributed by atoms with Gasteiger partial charge >= 0.3 is 0 Å². The van der Waals surface area contributed by atoms with Gasteiger partial charge in [-0.1, -0.05) is 30.1 Å². The van der Waals surface area contributed by atoms with E-state index in [2.05, 4.69) is 11.1 Å². The first kappa shape index (κ1) is 18.2. The molecule has 3 aromatic rings. The van der Waals surface area contributed by atoms with Gasteiger partial charge in [-0.05, 0) is 42.8 Å². The molecule has 4 nitrogen and oxygen atoms in total. The molecule has 3 rings (SSSR count). The van der Waals surface area contributed by atoms with Crippen molar-refractivity contribution in [2.24, 2.45) is 0 Å². The second-order valence-electron chi connectivity index (χ2n) is 5.94. The fourth-order valence-corrected chi connectivity index (χ4v) is 3.55. The van der Waals surface area contributed by atoms with Crippen molar-refractivity contribution in [2.75, 3.05) is 0 Å². The number of aromatic amines is 1. The molecule has 6 heteroatoms. The van der Waals surface area contributed by atoms with Crippen LogP contribution in [0.25, 0.3) is 10.9 Å². The Hall–Kier alpha value is -2.61. The van der Waals surface area contributed by atoms with Crippen LogP contribution >= 0.6 is 23.2 Å². The van der Waals surface area contributed by atoms with Crippen LogP contribution in [-0.2, 0) is 0 Å². The number of hydrogen-bond acceptors (Lipinski definition) is 3. The summed E-state index contributed by atoms with van der Waals surface area (Å²) < 4.78 is 0. The molecule has 0 saturated heterocycles. The van der Waals surface area contributed by atoms with E-state index in [9.17, 15) is 9.59 Å². The Bertz CT molecular complexity index is 1110. The van der Waals surface area contributed by atoms with Gasteiger partial charge in [0.25, 0.3) is 0 Å². The van der Waals surface area contributed by atoms with Gasteiger partial charge < -0.3 is 4.98 Å². The van der Waals surface area contributed by atoms with Gasteiger partial charge in [0.1, 0.15) is 0 Å². The minimum absolute atomic E-state index is 0.0578. The zero-order valence-corrected chi connectivity index (χ0v) is 15.6. The predicted octanol–water partition coefficient (Wildman–Crippen LogP) is 5.48. The zero-order chi connectivity index (χ0) is 19.0. The number of carbonyl (C=O) groups excluding carboxylic acids is 2. The number of nitriles is 1. The van der Waals surface area contributed by atoms with E-state index < -0.39 is 5.78 Å². The number of nitrogens with zero attached hydrogens (tertiary/aromatic N) is 1. The van der Waals surface area contributed by atoms with Crippen molar-refractivity contribution in [2.45, 2.75) is 20.3 Å². The van der Waals surface area contributed by atoms with Crippen LogP contribution in [-0.4, -0.2) is 16.6 Å². The van der Waals surface area contributed by atoms with Crippen LogP contribution < -0.4 is 0 Å². The van der Waals surface area contributed by atoms with Gasteiger partial charge in [-0.15, -0.1) is 0 Å². The molecule has 0 saturated carbocycles. The molecule has 0 atom stereocenters. The second kappa shape index (κ2) is 6.95. The Morgan fingerprint density at radius 2 is 1.92 bits per heavy atom. The molecule has 0 bridgehead atoms. The highest BCUT2D eigenvalue weighted by Gasteiger charge is 2.23. The topological polar surface area (TPSA) is 73.7 Å². The summed E-state index contributed by atoms with van der Waals surface area (Å²) in [4.78, 5) is 28.1. The number of benzene rings is 2. The quantitative estimate of drug-likeness (QED) is 0.605. The van der Waals surface area contributed by atoms with Gasteiger partial charge in [0.2, 0.25) is 5.78 Å². The van der Waals surface area contributed by atoms with E-state index in [-0.39, 0.29) is 33.4 Å². The SMILES string of the molecule is CCC(=O)c1ccc(Cl)c(C(=O)c2cc3c(C)cc(C#N)cc3[nH]2)c1Cl. The number of ketones is 2. The van der Waals surface area contributed by atoms with Gasteiger partial charge in [-0.2, -0.15) is 5.26 Å². The fourth-order valence-electron chi connectivity index (χ4n) is 2.91. The summed E-state index contributed by atoms with van der Waals surface area (Å²) in [5, 5.41) is 10.2. The number of nitrogens with one attached hydrogen (secondary N) is 1. The summed E-state index contributed by atoms with van der Waals surface area (Å²) in [6.45, 7) is 3.59. The van der Waals surface area contributed by atoms with Crippen LogP contribution in [0.3, 0.4) is 0 Å². The van der Waals surface area contributed by atoms with E-state index in [1.54, 1.807) is 25.1 Å². The van der Waals surface area contributed by atoms with Crippen molar-refractivity contribution in [3.63, 3.8) is 0 Å². The van der Waals surface area contributed by atoms with Crippen molar-refractivity contribution >= 4 is 45.7 Å². The summed E-state index contributed by atoms with van der Waals surface area (Å²) in [5.74, 6) is -0.563. The molecule has 0 amide bonds. The third-order valence-electron chi connectivity index (χ3n) is 4.26. The maximum Gasteiger partial charge on any atom is 0.212 e. The Balaban J connectivity index is 2.16. The number of aryl methyl sites for hydroxylation is 1. The molecule has 26 heavy (non-hydrogen) atoms. The number of Topliss-reactive ketones (excluding diaryl/α,β-unsaturated/α-hetero) is 1. The number of halogens is 2. The van der Waals surface area contributed by atoms with E-state index in [0.29, 0.717) is 16.8 Å². The number of carbonyl (C=O) groups is 2. The molecular weight excluding hydrogens is 371 g/mol. The van der Waals surface area contributed by atoms with Crippen LogP contribution in [0.1, 0.15) is 50.9 Å². The van der Waals surface area contributed by atoms with Crippen molar-refractivity contribution in [1.82, 2.24) is 4.98 Å². The Kier molecular flexibility index (Phi) is 4.86. The average Bonchev–Trinajstić information content (AvgIpc) is 3.05. The molecule has 1 aromatic heterocycles. The first-order valence-electron chi connectivity index (χ1n) is 7.96. The van der Waals surface area contributed by atoms with E-state index in [1.807, 2.05) is 6.92 Å². The standard InChI is InChI=1S/C20H14Cl2N2O2/c1-3-17(25)12-4-5-14(21)18(19(12)22)20(26)16-8-13-10(2)6-11(9-23)7-15(13)24-16/h4-8,24H,3H2,1-2H3. The third kappa shape index (κ3) is 3.01. The molecule has 2 aromatic carbocycles. The molecular formula is C20H14Cl2N2O2. The zero-order valence-electron chi connectivity index (χ0n) is 14.1. The van der Waals surface area contributed by atoms with Crippen LogP contribution in [0.5, 0.6) is 0 Å². The predicted molar refractivity (Wildman–Crippen MR) is 102 cm³/mol. The number of aromatic nitrogens is 1. The van der Waals surface area contributed by atoms with Crippen LogP contribution in [0.2, 0.25) is 10.0 Å². The lowest BCUT2D eigenvalue weighted by Gasteiger charge is -2.09. The summed E-state index contributed by atoms with van der Waals surface area (Å²) >= 11 is 12.5. The van der Waals surface area contributed by atoms with Crippen LogP contribution in [0.4, 0.5) is 0 Å². The van der Waals surface area contributed by atoms with Gasteiger partial charge in [0.05, 0.1) is 32.9 Å². The van der Waals surface area contributed by atoms with Gasteiger partial charge in [-0.3, -0.25) is 9.59 Å². The second-order valence-corrected chi connectivity index (χ2v) is 6.72. The molecule has 0 unspecified atom stereocenters. The summed E-state index contributed by atoms with van der Waals surface area (Å²) in [6.07, 6.45) is 0.275. The molecule has 0 aliphatic heterocycles. The first-order chi connectivity index (χ1) is 12.4. The molecule has 130 valence electrons. The van der Waals surface area contributed by atoms with Crippen LogP contribution in [0, 0.1) is 18.3 Å². The van der Waals surface area contributed by atoms with Crippen molar-refractivity contribution < 1.29 is 9.59 Å². The van der Waals surface area contributed by atoms with E-state index >= 15 is 0 Å². The minimum atomic E-state index is -0.403.